The molecule has 0 radical (unpaired) electrons. The van der Waals surface area contributed by atoms with Gasteiger partial charge in [-0.3, -0.25) is 4.55 Å². The van der Waals surface area contributed by atoms with Crippen LogP contribution in [0.3, 0.4) is 0 Å². The third-order valence-electron chi connectivity index (χ3n) is 4.03. The van der Waals surface area contributed by atoms with Crippen molar-refractivity contribution in [3.63, 3.8) is 0 Å². The average Bonchev–Trinajstić information content (AvgIpc) is 2.53. The number of anilines is 2. The van der Waals surface area contributed by atoms with Crippen LogP contribution < -0.4 is 9.64 Å². The predicted octanol–water partition coefficient (Wildman–Crippen LogP) is 4.12. The summed E-state index contributed by atoms with van der Waals surface area (Å²) in [5.74, 6) is 1.18. The molecule has 3 rings (SSSR count). The molecule has 2 aromatic carbocycles. The van der Waals surface area contributed by atoms with E-state index in [2.05, 4.69) is 0 Å². The molecular weight excluding hydrogens is 314 g/mol. The Morgan fingerprint density at radius 3 is 2.43 bits per heavy atom. The summed E-state index contributed by atoms with van der Waals surface area (Å²) in [5, 5.41) is -1.06. The topological polar surface area (TPSA) is 66.8 Å². The van der Waals surface area contributed by atoms with Gasteiger partial charge in [-0.05, 0) is 36.6 Å². The Labute approximate surface area is 136 Å². The first kappa shape index (κ1) is 15.8. The Balaban J connectivity index is 2.30. The fraction of sp³-hybridized carbons (Fsp3) is 0.294. The Kier molecular flexibility index (Phi) is 4.04. The molecule has 1 aliphatic rings. The molecule has 1 N–H and O–H groups in total. The van der Waals surface area contributed by atoms with Crippen LogP contribution in [0.1, 0.15) is 25.8 Å². The second kappa shape index (κ2) is 5.86. The molecule has 0 spiro atoms. The molecule has 1 atom stereocenters. The summed E-state index contributed by atoms with van der Waals surface area (Å²) in [6.45, 7) is 3.74. The highest BCUT2D eigenvalue weighted by Gasteiger charge is 2.36. The summed E-state index contributed by atoms with van der Waals surface area (Å²) < 4.78 is 39.6. The molecule has 6 heteroatoms. The molecule has 0 saturated carbocycles. The lowest BCUT2D eigenvalue weighted by molar-refractivity contribution is 0.451. The Hall–Kier alpha value is -2.05. The molecule has 0 aliphatic carbocycles. The molecule has 1 heterocycles. The third-order valence-corrected chi connectivity index (χ3v) is 5.26. The summed E-state index contributed by atoms with van der Waals surface area (Å²) in [6.07, 6.45) is 0.984. The van der Waals surface area contributed by atoms with Gasteiger partial charge < -0.3 is 9.64 Å². The predicted molar refractivity (Wildman–Crippen MR) is 90.1 cm³/mol. The number of fused-ring (bicyclic) bond motifs is 2. The van der Waals surface area contributed by atoms with Crippen LogP contribution in [-0.2, 0) is 16.5 Å². The molecule has 122 valence electrons. The largest absolute Gasteiger partial charge is 0.453 e. The van der Waals surface area contributed by atoms with Crippen molar-refractivity contribution in [3.8, 4) is 11.5 Å². The minimum Gasteiger partial charge on any atom is -0.453 e. The van der Waals surface area contributed by atoms with Crippen LogP contribution in [0.2, 0.25) is 0 Å². The minimum atomic E-state index is -4.25. The first-order valence-corrected chi connectivity index (χ1v) is 9.12. The van der Waals surface area contributed by atoms with Gasteiger partial charge in [-0.25, -0.2) is 0 Å². The van der Waals surface area contributed by atoms with Crippen molar-refractivity contribution in [2.24, 2.45) is 0 Å². The zero-order chi connectivity index (χ0) is 16.6. The van der Waals surface area contributed by atoms with Crippen molar-refractivity contribution in [1.29, 1.82) is 0 Å². The standard InChI is InChI=1S/C17H19NO4S/c1-3-12-8-7-11-15-17(12)18(16(4-2)23(19,20)21)13-9-5-6-10-14(13)22-15/h5-11,16H,3-4H2,1-2H3,(H,19,20,21). The molecule has 23 heavy (non-hydrogen) atoms. The Bertz CT molecular complexity index is 832. The van der Waals surface area contributed by atoms with Gasteiger partial charge >= 0.3 is 0 Å². The first-order valence-electron chi connectivity index (χ1n) is 7.61. The molecule has 1 unspecified atom stereocenters. The highest BCUT2D eigenvalue weighted by Crippen LogP contribution is 2.50. The van der Waals surface area contributed by atoms with Crippen LogP contribution in [0, 0.1) is 0 Å². The van der Waals surface area contributed by atoms with E-state index in [-0.39, 0.29) is 6.42 Å². The van der Waals surface area contributed by atoms with Crippen molar-refractivity contribution in [2.45, 2.75) is 32.1 Å². The van der Waals surface area contributed by atoms with E-state index >= 15 is 0 Å². The summed E-state index contributed by atoms with van der Waals surface area (Å²) in [6, 6.07) is 12.9. The normalized spacial score (nSPS) is 14.7. The van der Waals surface area contributed by atoms with Crippen LogP contribution >= 0.6 is 0 Å². The lowest BCUT2D eigenvalue weighted by atomic mass is 10.1. The van der Waals surface area contributed by atoms with E-state index in [1.165, 1.54) is 0 Å². The number of hydrogen-bond acceptors (Lipinski definition) is 4. The van der Waals surface area contributed by atoms with Gasteiger partial charge in [-0.15, -0.1) is 0 Å². The van der Waals surface area contributed by atoms with Crippen molar-refractivity contribution >= 4 is 21.5 Å². The molecule has 1 aliphatic heterocycles. The van der Waals surface area contributed by atoms with Gasteiger partial charge in [0.25, 0.3) is 10.1 Å². The van der Waals surface area contributed by atoms with Crippen LogP contribution in [0.5, 0.6) is 11.5 Å². The van der Waals surface area contributed by atoms with E-state index in [0.29, 0.717) is 22.9 Å². The number of para-hydroxylation sites is 3. The lowest BCUT2D eigenvalue weighted by Gasteiger charge is -2.37. The average molecular weight is 333 g/mol. The molecule has 2 aromatic rings. The van der Waals surface area contributed by atoms with Crippen LogP contribution in [0.4, 0.5) is 11.4 Å². The molecule has 0 saturated heterocycles. The summed E-state index contributed by atoms with van der Waals surface area (Å²) in [5.41, 5.74) is 2.32. The molecule has 5 nitrogen and oxygen atoms in total. The summed E-state index contributed by atoms with van der Waals surface area (Å²) in [4.78, 5) is 1.68. The molecular formula is C17H19NO4S. The van der Waals surface area contributed by atoms with Gasteiger partial charge in [-0.2, -0.15) is 8.42 Å². The van der Waals surface area contributed by atoms with Gasteiger partial charge in [0, 0.05) is 0 Å². The zero-order valence-electron chi connectivity index (χ0n) is 13.1. The van der Waals surface area contributed by atoms with E-state index in [9.17, 15) is 13.0 Å². The number of benzene rings is 2. The zero-order valence-corrected chi connectivity index (χ0v) is 13.9. The highest BCUT2D eigenvalue weighted by molar-refractivity contribution is 7.86. The van der Waals surface area contributed by atoms with Gasteiger partial charge in [-0.1, -0.05) is 38.1 Å². The maximum Gasteiger partial charge on any atom is 0.286 e. The lowest BCUT2D eigenvalue weighted by Crippen LogP contribution is -2.39. The van der Waals surface area contributed by atoms with Crippen molar-refractivity contribution < 1.29 is 17.7 Å². The second-order valence-corrected chi connectivity index (χ2v) is 7.01. The molecule has 0 fully saturated rings. The van der Waals surface area contributed by atoms with Gasteiger partial charge in [0.05, 0.1) is 11.4 Å². The maximum absolute atomic E-state index is 12.0. The van der Waals surface area contributed by atoms with Crippen LogP contribution in [-0.4, -0.2) is 18.3 Å². The van der Waals surface area contributed by atoms with Crippen molar-refractivity contribution in [3.05, 3.63) is 48.0 Å². The van der Waals surface area contributed by atoms with Gasteiger partial charge in [0.15, 0.2) is 16.9 Å². The SMILES string of the molecule is CCc1cccc2c1N(C(CC)S(=O)(=O)O)c1ccccc1O2. The third kappa shape index (κ3) is 2.68. The van der Waals surface area contributed by atoms with E-state index in [1.54, 1.807) is 24.0 Å². The van der Waals surface area contributed by atoms with Crippen molar-refractivity contribution in [1.82, 2.24) is 0 Å². The quantitative estimate of drug-likeness (QED) is 0.853. The van der Waals surface area contributed by atoms with Crippen molar-refractivity contribution in [2.75, 3.05) is 4.90 Å². The van der Waals surface area contributed by atoms with E-state index in [1.807, 2.05) is 37.3 Å². The monoisotopic (exact) mass is 333 g/mol. The van der Waals surface area contributed by atoms with Gasteiger partial charge in [0.1, 0.15) is 0 Å². The highest BCUT2D eigenvalue weighted by atomic mass is 32.2. The van der Waals surface area contributed by atoms with Gasteiger partial charge in [0.2, 0.25) is 0 Å². The maximum atomic E-state index is 12.0. The van der Waals surface area contributed by atoms with Crippen LogP contribution in [0.25, 0.3) is 0 Å². The summed E-state index contributed by atoms with van der Waals surface area (Å²) in [7, 11) is -4.25. The number of aryl methyl sites for hydroxylation is 1. The fourth-order valence-corrected chi connectivity index (χ4v) is 3.92. The number of rotatable bonds is 4. The number of ether oxygens (including phenoxy) is 1. The summed E-state index contributed by atoms with van der Waals surface area (Å²) >= 11 is 0. The minimum absolute atomic E-state index is 0.255. The van der Waals surface area contributed by atoms with E-state index in [0.717, 1.165) is 12.0 Å². The first-order chi connectivity index (χ1) is 11.0. The van der Waals surface area contributed by atoms with E-state index < -0.39 is 15.5 Å². The Morgan fingerprint density at radius 1 is 1.09 bits per heavy atom. The molecule has 0 aromatic heterocycles. The smallest absolute Gasteiger partial charge is 0.286 e. The van der Waals surface area contributed by atoms with E-state index in [4.69, 9.17) is 4.74 Å². The second-order valence-electron chi connectivity index (χ2n) is 5.44. The number of nitrogens with zero attached hydrogens (tertiary/aromatic N) is 1. The molecule has 0 bridgehead atoms. The molecule has 0 amide bonds. The number of hydrogen-bond donors (Lipinski definition) is 1. The Morgan fingerprint density at radius 2 is 1.78 bits per heavy atom. The fourth-order valence-electron chi connectivity index (χ4n) is 3.02. The van der Waals surface area contributed by atoms with Crippen LogP contribution in [0.15, 0.2) is 42.5 Å².